The number of likely N-dealkylation sites (tertiary alicyclic amines) is 1. The van der Waals surface area contributed by atoms with Crippen molar-refractivity contribution in [2.24, 2.45) is 5.92 Å². The van der Waals surface area contributed by atoms with Gasteiger partial charge >= 0.3 is 6.18 Å². The van der Waals surface area contributed by atoms with Gasteiger partial charge in [-0.25, -0.2) is 8.78 Å². The van der Waals surface area contributed by atoms with E-state index in [9.17, 15) is 26.7 Å². The van der Waals surface area contributed by atoms with Gasteiger partial charge in [-0.3, -0.25) is 15.6 Å². The molecule has 4 nitrogen and oxygen atoms in total. The van der Waals surface area contributed by atoms with Gasteiger partial charge in [0, 0.05) is 38.0 Å². The van der Waals surface area contributed by atoms with Crippen LogP contribution in [0.15, 0.2) is 18.2 Å². The average Bonchev–Trinajstić information content (AvgIpc) is 3.11. The maximum Gasteiger partial charge on any atom is 0.389 e. The molecule has 9 heteroatoms. The number of hydrogen-bond donors (Lipinski definition) is 2. The summed E-state index contributed by atoms with van der Waals surface area (Å²) in [5, 5.41) is 0. The highest BCUT2D eigenvalue weighted by atomic mass is 19.4. The van der Waals surface area contributed by atoms with Gasteiger partial charge in [-0.2, -0.15) is 13.2 Å². The first kappa shape index (κ1) is 20.0. The third kappa shape index (κ3) is 4.95. The second kappa shape index (κ2) is 8.10. The van der Waals surface area contributed by atoms with Crippen LogP contribution in [0.3, 0.4) is 0 Å². The zero-order valence-electron chi connectivity index (χ0n) is 14.7. The van der Waals surface area contributed by atoms with Crippen molar-refractivity contribution in [1.29, 1.82) is 0 Å². The van der Waals surface area contributed by atoms with Crippen molar-refractivity contribution < 1.29 is 26.7 Å². The number of carbonyl (C=O) groups excluding carboxylic acids is 1. The number of benzene rings is 1. The minimum absolute atomic E-state index is 0.0155. The van der Waals surface area contributed by atoms with Crippen LogP contribution in [0.25, 0.3) is 0 Å². The number of hydrogen-bond acceptors (Lipinski definition) is 3. The smallest absolute Gasteiger partial charge is 0.342 e. The molecular formula is C18H22F5N3O. The molecule has 0 spiro atoms. The molecule has 2 aliphatic rings. The summed E-state index contributed by atoms with van der Waals surface area (Å²) in [6, 6.07) is 3.69. The van der Waals surface area contributed by atoms with Crippen molar-refractivity contribution in [3.8, 4) is 0 Å². The van der Waals surface area contributed by atoms with Crippen LogP contribution in [-0.4, -0.2) is 42.7 Å². The normalized spacial score (nSPS) is 26.4. The summed E-state index contributed by atoms with van der Waals surface area (Å²) < 4.78 is 63.9. The summed E-state index contributed by atoms with van der Waals surface area (Å²) in [5.41, 5.74) is 6.81. The minimum Gasteiger partial charge on any atom is -0.342 e. The van der Waals surface area contributed by atoms with Crippen LogP contribution in [0.5, 0.6) is 0 Å². The number of halogens is 5. The molecule has 0 saturated carbocycles. The number of nitrogens with one attached hydrogen (secondary N) is 2. The van der Waals surface area contributed by atoms with E-state index in [1.54, 1.807) is 6.07 Å². The molecule has 2 N–H and O–H groups in total. The number of piperidine rings is 1. The fourth-order valence-corrected chi connectivity index (χ4v) is 3.97. The van der Waals surface area contributed by atoms with E-state index >= 15 is 0 Å². The first-order valence-electron chi connectivity index (χ1n) is 9.02. The Labute approximate surface area is 154 Å². The van der Waals surface area contributed by atoms with E-state index in [-0.39, 0.29) is 17.9 Å². The van der Waals surface area contributed by atoms with Crippen molar-refractivity contribution in [1.82, 2.24) is 15.8 Å². The Morgan fingerprint density at radius 3 is 2.70 bits per heavy atom. The van der Waals surface area contributed by atoms with E-state index < -0.39 is 36.6 Å². The zero-order chi connectivity index (χ0) is 19.6. The molecule has 1 amide bonds. The Morgan fingerprint density at radius 2 is 2.00 bits per heavy atom. The third-order valence-electron chi connectivity index (χ3n) is 5.34. The zero-order valence-corrected chi connectivity index (χ0v) is 14.7. The topological polar surface area (TPSA) is 44.4 Å². The Balaban J connectivity index is 1.66. The number of amides is 1. The van der Waals surface area contributed by atoms with Gasteiger partial charge in [0.05, 0.1) is 6.42 Å². The molecular weight excluding hydrogens is 369 g/mol. The highest BCUT2D eigenvalue weighted by Crippen LogP contribution is 2.32. The van der Waals surface area contributed by atoms with Crippen LogP contribution in [-0.2, 0) is 4.79 Å². The van der Waals surface area contributed by atoms with Crippen molar-refractivity contribution in [3.05, 3.63) is 35.4 Å². The fourth-order valence-electron chi connectivity index (χ4n) is 3.97. The second-order valence-corrected chi connectivity index (χ2v) is 7.19. The van der Waals surface area contributed by atoms with Crippen LogP contribution in [0.4, 0.5) is 22.0 Å². The van der Waals surface area contributed by atoms with Gasteiger partial charge in [0.15, 0.2) is 11.6 Å². The summed E-state index contributed by atoms with van der Waals surface area (Å²) in [4.78, 5) is 13.6. The van der Waals surface area contributed by atoms with Crippen LogP contribution in [0.1, 0.15) is 37.2 Å². The number of hydrazine groups is 1. The van der Waals surface area contributed by atoms with E-state index in [1.165, 1.54) is 11.0 Å². The first-order chi connectivity index (χ1) is 12.7. The van der Waals surface area contributed by atoms with Gasteiger partial charge in [-0.05, 0) is 36.5 Å². The molecule has 150 valence electrons. The van der Waals surface area contributed by atoms with E-state index in [4.69, 9.17) is 0 Å². The summed E-state index contributed by atoms with van der Waals surface area (Å²) in [6.45, 7) is 1.33. The summed E-state index contributed by atoms with van der Waals surface area (Å²) >= 11 is 0. The van der Waals surface area contributed by atoms with Crippen molar-refractivity contribution >= 4 is 5.91 Å². The van der Waals surface area contributed by atoms with Crippen molar-refractivity contribution in [2.75, 3.05) is 19.6 Å². The van der Waals surface area contributed by atoms with Crippen LogP contribution >= 0.6 is 0 Å². The van der Waals surface area contributed by atoms with Gasteiger partial charge in [0.25, 0.3) is 0 Å². The predicted octanol–water partition coefficient (Wildman–Crippen LogP) is 3.11. The summed E-state index contributed by atoms with van der Waals surface area (Å²) in [7, 11) is 0. The molecule has 0 aromatic heterocycles. The molecule has 27 heavy (non-hydrogen) atoms. The maximum absolute atomic E-state index is 13.6. The van der Waals surface area contributed by atoms with E-state index in [1.807, 2.05) is 0 Å². The summed E-state index contributed by atoms with van der Waals surface area (Å²) in [6.07, 6.45) is -4.50. The quantitative estimate of drug-likeness (QED) is 0.776. The second-order valence-electron chi connectivity index (χ2n) is 7.19. The SMILES string of the molecule is O=C(CCC(F)(F)F)N1CCCC(C2NNCC2c2ccc(F)c(F)c2)C1. The monoisotopic (exact) mass is 391 g/mol. The van der Waals surface area contributed by atoms with Gasteiger partial charge in [-0.15, -0.1) is 0 Å². The Kier molecular flexibility index (Phi) is 6.00. The molecule has 2 aliphatic heterocycles. The third-order valence-corrected chi connectivity index (χ3v) is 5.34. The number of rotatable bonds is 4. The molecule has 3 atom stereocenters. The largest absolute Gasteiger partial charge is 0.389 e. The summed E-state index contributed by atoms with van der Waals surface area (Å²) in [5.74, 6) is -2.41. The molecule has 0 radical (unpaired) electrons. The highest BCUT2D eigenvalue weighted by molar-refractivity contribution is 5.76. The number of nitrogens with zero attached hydrogens (tertiary/aromatic N) is 1. The first-order valence-corrected chi connectivity index (χ1v) is 9.02. The van der Waals surface area contributed by atoms with E-state index in [2.05, 4.69) is 10.9 Å². The van der Waals surface area contributed by atoms with Crippen molar-refractivity contribution in [3.63, 3.8) is 0 Å². The lowest BCUT2D eigenvalue weighted by Gasteiger charge is -2.37. The highest BCUT2D eigenvalue weighted by Gasteiger charge is 2.38. The minimum atomic E-state index is -4.35. The standard InChI is InChI=1S/C18H22F5N3O/c19-14-4-3-11(8-15(14)20)13-9-24-25-17(13)12-2-1-7-26(10-12)16(27)5-6-18(21,22)23/h3-4,8,12-13,17,24-25H,1-2,5-7,9-10H2. The molecule has 1 aromatic carbocycles. The van der Waals surface area contributed by atoms with Gasteiger partial charge < -0.3 is 4.90 Å². The van der Waals surface area contributed by atoms with Crippen molar-refractivity contribution in [2.45, 2.75) is 43.8 Å². The molecule has 0 aliphatic carbocycles. The molecule has 2 heterocycles. The van der Waals surface area contributed by atoms with E-state index in [0.29, 0.717) is 31.6 Å². The maximum atomic E-state index is 13.6. The van der Waals surface area contributed by atoms with Crippen LogP contribution in [0, 0.1) is 17.6 Å². The lowest BCUT2D eigenvalue weighted by Crippen LogP contribution is -2.48. The van der Waals surface area contributed by atoms with E-state index in [0.717, 1.165) is 12.5 Å². The van der Waals surface area contributed by atoms with Gasteiger partial charge in [0.1, 0.15) is 0 Å². The fraction of sp³-hybridized carbons (Fsp3) is 0.611. The molecule has 3 rings (SSSR count). The molecule has 3 unspecified atom stereocenters. The number of alkyl halides is 3. The Morgan fingerprint density at radius 1 is 1.22 bits per heavy atom. The predicted molar refractivity (Wildman–Crippen MR) is 88.6 cm³/mol. The average molecular weight is 391 g/mol. The number of carbonyl (C=O) groups is 1. The molecule has 0 bridgehead atoms. The van der Waals surface area contributed by atoms with Crippen LogP contribution < -0.4 is 10.9 Å². The lowest BCUT2D eigenvalue weighted by molar-refractivity contribution is -0.150. The molecule has 2 fully saturated rings. The molecule has 1 aromatic rings. The molecule has 2 saturated heterocycles. The Bertz CT molecular complexity index is 681. The van der Waals surface area contributed by atoms with Gasteiger partial charge in [0.2, 0.25) is 5.91 Å². The lowest BCUT2D eigenvalue weighted by atomic mass is 9.81. The van der Waals surface area contributed by atoms with Crippen LogP contribution in [0.2, 0.25) is 0 Å². The Hall–Kier alpha value is -1.74. The van der Waals surface area contributed by atoms with Gasteiger partial charge in [-0.1, -0.05) is 6.07 Å².